The Morgan fingerprint density at radius 3 is 2.67 bits per heavy atom. The molecule has 0 aromatic heterocycles. The molecule has 1 unspecified atom stereocenters. The molecular formula is C16H19Cl2NOS. The highest BCUT2D eigenvalue weighted by atomic mass is 35.5. The number of hydrogen-bond acceptors (Lipinski definition) is 2. The van der Waals surface area contributed by atoms with Crippen LogP contribution in [0.25, 0.3) is 0 Å². The minimum atomic E-state index is 0.0817. The lowest BCUT2D eigenvalue weighted by atomic mass is 9.98. The normalized spacial score (nSPS) is 23.8. The Hall–Kier alpha value is -0.380. The van der Waals surface area contributed by atoms with Gasteiger partial charge in [-0.1, -0.05) is 29.3 Å². The molecule has 2 fully saturated rings. The molecule has 2 saturated heterocycles. The van der Waals surface area contributed by atoms with Crippen LogP contribution in [-0.2, 0) is 11.2 Å². The molecule has 21 heavy (non-hydrogen) atoms. The number of amides is 1. The lowest BCUT2D eigenvalue weighted by molar-refractivity contribution is -0.133. The van der Waals surface area contributed by atoms with Gasteiger partial charge in [-0.2, -0.15) is 11.8 Å². The van der Waals surface area contributed by atoms with Crippen LogP contribution in [0.3, 0.4) is 0 Å². The van der Waals surface area contributed by atoms with E-state index in [4.69, 9.17) is 23.2 Å². The molecule has 0 bridgehead atoms. The second-order valence-corrected chi connectivity index (χ2v) is 7.87. The van der Waals surface area contributed by atoms with Crippen molar-refractivity contribution in [1.29, 1.82) is 0 Å². The topological polar surface area (TPSA) is 20.3 Å². The SMILES string of the molecule is O=C1C(Cc2ccc(Cl)cc2Cl)CCN1C1CCSCC1. The fraction of sp³-hybridized carbons (Fsp3) is 0.562. The van der Waals surface area contributed by atoms with Crippen LogP contribution in [0.4, 0.5) is 0 Å². The summed E-state index contributed by atoms with van der Waals surface area (Å²) in [6.07, 6.45) is 3.96. The fourth-order valence-electron chi connectivity index (χ4n) is 3.26. The molecule has 3 rings (SSSR count). The van der Waals surface area contributed by atoms with Gasteiger partial charge in [0.2, 0.25) is 5.91 Å². The lowest BCUT2D eigenvalue weighted by Gasteiger charge is -2.31. The predicted octanol–water partition coefficient (Wildman–Crippen LogP) is 4.28. The summed E-state index contributed by atoms with van der Waals surface area (Å²) in [7, 11) is 0. The van der Waals surface area contributed by atoms with Crippen LogP contribution in [-0.4, -0.2) is 34.9 Å². The Morgan fingerprint density at radius 2 is 1.95 bits per heavy atom. The van der Waals surface area contributed by atoms with Crippen LogP contribution in [0.5, 0.6) is 0 Å². The van der Waals surface area contributed by atoms with Gasteiger partial charge in [0.25, 0.3) is 0 Å². The molecule has 0 N–H and O–H groups in total. The van der Waals surface area contributed by atoms with Crippen LogP contribution in [0.2, 0.25) is 10.0 Å². The van der Waals surface area contributed by atoms with Gasteiger partial charge in [0, 0.05) is 28.5 Å². The van der Waals surface area contributed by atoms with Crippen LogP contribution in [0.1, 0.15) is 24.8 Å². The number of halogens is 2. The third-order valence-corrected chi connectivity index (χ3v) is 6.10. The maximum absolute atomic E-state index is 12.6. The van der Waals surface area contributed by atoms with Crippen molar-refractivity contribution in [2.24, 2.45) is 5.92 Å². The Bertz CT molecular complexity index is 531. The minimum absolute atomic E-state index is 0.0817. The van der Waals surface area contributed by atoms with E-state index in [2.05, 4.69) is 4.90 Å². The van der Waals surface area contributed by atoms with Crippen molar-refractivity contribution in [3.05, 3.63) is 33.8 Å². The van der Waals surface area contributed by atoms with Crippen molar-refractivity contribution in [2.75, 3.05) is 18.1 Å². The molecule has 2 aliphatic rings. The number of nitrogens with zero attached hydrogens (tertiary/aromatic N) is 1. The standard InChI is InChI=1S/C16H19Cl2NOS/c17-13-2-1-11(15(18)10-13)9-12-3-6-19(16(12)20)14-4-7-21-8-5-14/h1-2,10,12,14H,3-9H2. The average Bonchev–Trinajstić information content (AvgIpc) is 2.84. The molecule has 2 heterocycles. The number of hydrogen-bond donors (Lipinski definition) is 0. The van der Waals surface area contributed by atoms with Gasteiger partial charge >= 0.3 is 0 Å². The van der Waals surface area contributed by atoms with Gasteiger partial charge in [0.1, 0.15) is 0 Å². The van der Waals surface area contributed by atoms with Gasteiger partial charge in [-0.25, -0.2) is 0 Å². The van der Waals surface area contributed by atoms with Gasteiger partial charge in [0.05, 0.1) is 0 Å². The van der Waals surface area contributed by atoms with E-state index < -0.39 is 0 Å². The maximum Gasteiger partial charge on any atom is 0.226 e. The van der Waals surface area contributed by atoms with E-state index >= 15 is 0 Å². The summed E-state index contributed by atoms with van der Waals surface area (Å²) in [5.41, 5.74) is 1.03. The van der Waals surface area contributed by atoms with Crippen molar-refractivity contribution in [3.63, 3.8) is 0 Å². The monoisotopic (exact) mass is 343 g/mol. The first-order chi connectivity index (χ1) is 10.1. The van der Waals surface area contributed by atoms with Gasteiger partial charge in [-0.05, 0) is 54.9 Å². The summed E-state index contributed by atoms with van der Waals surface area (Å²) in [5, 5.41) is 1.31. The highest BCUT2D eigenvalue weighted by molar-refractivity contribution is 7.99. The lowest BCUT2D eigenvalue weighted by Crippen LogP contribution is -2.40. The number of rotatable bonds is 3. The molecule has 114 valence electrons. The molecular weight excluding hydrogens is 325 g/mol. The van der Waals surface area contributed by atoms with Crippen molar-refractivity contribution in [1.82, 2.24) is 4.90 Å². The largest absolute Gasteiger partial charge is 0.339 e. The number of likely N-dealkylation sites (tertiary alicyclic amines) is 1. The molecule has 1 aromatic rings. The fourth-order valence-corrected chi connectivity index (χ4v) is 4.83. The molecule has 0 aliphatic carbocycles. The summed E-state index contributed by atoms with van der Waals surface area (Å²) in [6.45, 7) is 0.907. The first-order valence-corrected chi connectivity index (χ1v) is 9.38. The van der Waals surface area contributed by atoms with Crippen LogP contribution in [0, 0.1) is 5.92 Å². The summed E-state index contributed by atoms with van der Waals surface area (Å²) in [6, 6.07) is 6.01. The zero-order valence-electron chi connectivity index (χ0n) is 11.9. The average molecular weight is 344 g/mol. The molecule has 1 atom stereocenters. The van der Waals surface area contributed by atoms with Crippen molar-refractivity contribution in [3.8, 4) is 0 Å². The smallest absolute Gasteiger partial charge is 0.226 e. The van der Waals surface area contributed by atoms with Crippen molar-refractivity contribution in [2.45, 2.75) is 31.7 Å². The highest BCUT2D eigenvalue weighted by Crippen LogP contribution is 2.31. The van der Waals surface area contributed by atoms with E-state index in [1.165, 1.54) is 11.5 Å². The molecule has 0 spiro atoms. The molecule has 5 heteroatoms. The zero-order valence-corrected chi connectivity index (χ0v) is 14.2. The Balaban J connectivity index is 1.66. The Labute approximate surface area is 140 Å². The van der Waals surface area contributed by atoms with E-state index in [0.717, 1.165) is 37.8 Å². The summed E-state index contributed by atoms with van der Waals surface area (Å²) in [4.78, 5) is 14.8. The third kappa shape index (κ3) is 3.52. The Kier molecular flexibility index (Phi) is 5.03. The molecule has 2 nitrogen and oxygen atoms in total. The van der Waals surface area contributed by atoms with E-state index in [9.17, 15) is 4.79 Å². The zero-order chi connectivity index (χ0) is 14.8. The molecule has 2 aliphatic heterocycles. The van der Waals surface area contributed by atoms with Crippen LogP contribution < -0.4 is 0 Å². The van der Waals surface area contributed by atoms with E-state index in [1.807, 2.05) is 23.9 Å². The quantitative estimate of drug-likeness (QED) is 0.816. The second kappa shape index (κ2) is 6.80. The number of benzene rings is 1. The van der Waals surface area contributed by atoms with E-state index in [0.29, 0.717) is 22.0 Å². The molecule has 0 radical (unpaired) electrons. The maximum atomic E-state index is 12.6. The third-order valence-electron chi connectivity index (χ3n) is 4.46. The number of carbonyl (C=O) groups is 1. The van der Waals surface area contributed by atoms with E-state index in [-0.39, 0.29) is 5.92 Å². The number of thioether (sulfide) groups is 1. The van der Waals surface area contributed by atoms with Crippen LogP contribution in [0.15, 0.2) is 18.2 Å². The summed E-state index contributed by atoms with van der Waals surface area (Å²) < 4.78 is 0. The molecule has 0 saturated carbocycles. The highest BCUT2D eigenvalue weighted by Gasteiger charge is 2.36. The van der Waals surface area contributed by atoms with Crippen molar-refractivity contribution < 1.29 is 4.79 Å². The summed E-state index contributed by atoms with van der Waals surface area (Å²) in [5.74, 6) is 2.76. The molecule has 1 aromatic carbocycles. The molecule has 1 amide bonds. The van der Waals surface area contributed by atoms with Gasteiger partial charge in [-0.15, -0.1) is 0 Å². The Morgan fingerprint density at radius 1 is 1.19 bits per heavy atom. The van der Waals surface area contributed by atoms with Gasteiger partial charge < -0.3 is 4.90 Å². The van der Waals surface area contributed by atoms with Crippen LogP contribution >= 0.6 is 35.0 Å². The number of carbonyl (C=O) groups excluding carboxylic acids is 1. The van der Waals surface area contributed by atoms with Gasteiger partial charge in [-0.3, -0.25) is 4.79 Å². The summed E-state index contributed by atoms with van der Waals surface area (Å²) >= 11 is 14.2. The first kappa shape index (κ1) is 15.5. The second-order valence-electron chi connectivity index (χ2n) is 5.80. The minimum Gasteiger partial charge on any atom is -0.339 e. The predicted molar refractivity (Wildman–Crippen MR) is 90.3 cm³/mol. The first-order valence-electron chi connectivity index (χ1n) is 7.47. The van der Waals surface area contributed by atoms with Gasteiger partial charge in [0.15, 0.2) is 0 Å². The van der Waals surface area contributed by atoms with Crippen molar-refractivity contribution >= 4 is 40.9 Å². The van der Waals surface area contributed by atoms with E-state index in [1.54, 1.807) is 6.07 Å².